The predicted octanol–water partition coefficient (Wildman–Crippen LogP) is 5.16. The summed E-state index contributed by atoms with van der Waals surface area (Å²) in [5, 5.41) is 7.27. The SMILES string of the molecule is Cc1ccc(Cn2c(SCc3nc(-c4cccs4)no3)nc3ccccc3c2=O)cc1. The summed E-state index contributed by atoms with van der Waals surface area (Å²) in [7, 11) is 0. The molecule has 0 radical (unpaired) electrons. The van der Waals surface area contributed by atoms with E-state index < -0.39 is 0 Å². The number of thioether (sulfide) groups is 1. The number of nitrogens with zero attached hydrogens (tertiary/aromatic N) is 4. The molecule has 0 aliphatic carbocycles. The Morgan fingerprint density at radius 2 is 1.87 bits per heavy atom. The molecule has 5 aromatic rings. The second-order valence-corrected chi connectivity index (χ2v) is 8.96. The lowest BCUT2D eigenvalue weighted by molar-refractivity contribution is 0.391. The topological polar surface area (TPSA) is 73.8 Å². The molecule has 0 amide bonds. The third-order valence-electron chi connectivity index (χ3n) is 4.82. The first-order valence-corrected chi connectivity index (χ1v) is 11.6. The Bertz CT molecular complexity index is 1390. The van der Waals surface area contributed by atoms with Crippen molar-refractivity contribution in [2.24, 2.45) is 0 Å². The van der Waals surface area contributed by atoms with Crippen molar-refractivity contribution < 1.29 is 4.52 Å². The molecule has 0 saturated carbocycles. The van der Waals surface area contributed by atoms with Crippen LogP contribution in [0.15, 0.2) is 80.5 Å². The highest BCUT2D eigenvalue weighted by Crippen LogP contribution is 2.25. The van der Waals surface area contributed by atoms with Crippen LogP contribution in [0.2, 0.25) is 0 Å². The molecule has 2 aromatic carbocycles. The van der Waals surface area contributed by atoms with Crippen molar-refractivity contribution in [3.63, 3.8) is 0 Å². The van der Waals surface area contributed by atoms with E-state index in [4.69, 9.17) is 9.51 Å². The molecule has 0 atom stereocenters. The van der Waals surface area contributed by atoms with Crippen LogP contribution < -0.4 is 5.56 Å². The summed E-state index contributed by atoms with van der Waals surface area (Å²) in [5.74, 6) is 1.50. The van der Waals surface area contributed by atoms with E-state index in [2.05, 4.69) is 10.1 Å². The second-order valence-electron chi connectivity index (χ2n) is 7.07. The molecule has 0 aliphatic rings. The Balaban J connectivity index is 1.47. The van der Waals surface area contributed by atoms with Crippen LogP contribution in [0.5, 0.6) is 0 Å². The molecule has 0 saturated heterocycles. The van der Waals surface area contributed by atoms with E-state index in [9.17, 15) is 4.79 Å². The average Bonchev–Trinajstić information content (AvgIpc) is 3.48. The maximum Gasteiger partial charge on any atom is 0.262 e. The number of para-hydroxylation sites is 1. The molecular weight excluding hydrogens is 428 g/mol. The Labute approximate surface area is 186 Å². The van der Waals surface area contributed by atoms with Crippen LogP contribution in [0, 0.1) is 6.92 Å². The van der Waals surface area contributed by atoms with E-state index in [1.165, 1.54) is 17.3 Å². The van der Waals surface area contributed by atoms with Gasteiger partial charge in [0.05, 0.1) is 28.1 Å². The number of fused-ring (bicyclic) bond motifs is 1. The number of aromatic nitrogens is 4. The lowest BCUT2D eigenvalue weighted by atomic mass is 10.1. The first kappa shape index (κ1) is 19.7. The zero-order valence-corrected chi connectivity index (χ0v) is 18.3. The maximum absolute atomic E-state index is 13.3. The van der Waals surface area contributed by atoms with Gasteiger partial charge in [-0.1, -0.05) is 64.9 Å². The molecular formula is C23H18N4O2S2. The van der Waals surface area contributed by atoms with Crippen molar-refractivity contribution in [2.45, 2.75) is 24.4 Å². The lowest BCUT2D eigenvalue weighted by Crippen LogP contribution is -2.24. The molecule has 0 unspecified atom stereocenters. The van der Waals surface area contributed by atoms with Gasteiger partial charge in [0.1, 0.15) is 0 Å². The van der Waals surface area contributed by atoms with Crippen molar-refractivity contribution in [3.05, 3.63) is 93.4 Å². The normalized spacial score (nSPS) is 11.3. The van der Waals surface area contributed by atoms with Crippen molar-refractivity contribution >= 4 is 34.0 Å². The molecule has 154 valence electrons. The van der Waals surface area contributed by atoms with Crippen LogP contribution in [0.1, 0.15) is 17.0 Å². The van der Waals surface area contributed by atoms with Gasteiger partial charge in [0.25, 0.3) is 5.56 Å². The van der Waals surface area contributed by atoms with E-state index in [1.807, 2.05) is 73.0 Å². The Kier molecular flexibility index (Phi) is 5.40. The minimum absolute atomic E-state index is 0.0570. The first-order chi connectivity index (χ1) is 15.2. The molecule has 0 fully saturated rings. The number of thiophene rings is 1. The van der Waals surface area contributed by atoms with Crippen molar-refractivity contribution in [1.29, 1.82) is 0 Å². The number of benzene rings is 2. The van der Waals surface area contributed by atoms with E-state index in [0.717, 1.165) is 10.4 Å². The summed E-state index contributed by atoms with van der Waals surface area (Å²) in [6, 6.07) is 19.5. The average molecular weight is 447 g/mol. The monoisotopic (exact) mass is 446 g/mol. The Hall–Kier alpha value is -3.23. The molecule has 3 aromatic heterocycles. The quantitative estimate of drug-likeness (QED) is 0.265. The highest BCUT2D eigenvalue weighted by atomic mass is 32.2. The minimum Gasteiger partial charge on any atom is -0.338 e. The van der Waals surface area contributed by atoms with Gasteiger partial charge >= 0.3 is 0 Å². The van der Waals surface area contributed by atoms with Gasteiger partial charge in [-0.3, -0.25) is 9.36 Å². The van der Waals surface area contributed by atoms with Gasteiger partial charge < -0.3 is 4.52 Å². The molecule has 5 rings (SSSR count). The fraction of sp³-hybridized carbons (Fsp3) is 0.130. The van der Waals surface area contributed by atoms with Crippen molar-refractivity contribution in [1.82, 2.24) is 19.7 Å². The minimum atomic E-state index is -0.0570. The molecule has 6 nitrogen and oxygen atoms in total. The fourth-order valence-electron chi connectivity index (χ4n) is 3.22. The largest absolute Gasteiger partial charge is 0.338 e. The number of aryl methyl sites for hydroxylation is 1. The summed E-state index contributed by atoms with van der Waals surface area (Å²) in [6.45, 7) is 2.49. The highest BCUT2D eigenvalue weighted by Gasteiger charge is 2.15. The Morgan fingerprint density at radius 1 is 1.03 bits per heavy atom. The maximum atomic E-state index is 13.3. The van der Waals surface area contributed by atoms with E-state index in [1.54, 1.807) is 15.9 Å². The molecule has 0 spiro atoms. The first-order valence-electron chi connectivity index (χ1n) is 9.72. The van der Waals surface area contributed by atoms with Crippen LogP contribution in [0.4, 0.5) is 0 Å². The van der Waals surface area contributed by atoms with E-state index >= 15 is 0 Å². The predicted molar refractivity (Wildman–Crippen MR) is 123 cm³/mol. The highest BCUT2D eigenvalue weighted by molar-refractivity contribution is 7.98. The van der Waals surface area contributed by atoms with E-state index in [0.29, 0.717) is 40.1 Å². The zero-order valence-electron chi connectivity index (χ0n) is 16.7. The van der Waals surface area contributed by atoms with Gasteiger partial charge in [-0.05, 0) is 36.1 Å². The molecule has 3 heterocycles. The van der Waals surface area contributed by atoms with Crippen molar-refractivity contribution in [3.8, 4) is 10.7 Å². The lowest BCUT2D eigenvalue weighted by Gasteiger charge is -2.13. The second kappa shape index (κ2) is 8.49. The standard InChI is InChI=1S/C23H18N4O2S2/c1-15-8-10-16(11-9-15)13-27-22(28)17-5-2-3-6-18(17)24-23(27)31-14-20-25-21(26-29-20)19-7-4-12-30-19/h2-12H,13-14H2,1H3. The van der Waals surface area contributed by atoms with Crippen molar-refractivity contribution in [2.75, 3.05) is 0 Å². The molecule has 31 heavy (non-hydrogen) atoms. The smallest absolute Gasteiger partial charge is 0.262 e. The number of rotatable bonds is 6. The third-order valence-corrected chi connectivity index (χ3v) is 6.65. The summed E-state index contributed by atoms with van der Waals surface area (Å²) in [5.41, 5.74) is 2.85. The molecule has 0 N–H and O–H groups in total. The fourth-order valence-corrected chi connectivity index (χ4v) is 4.70. The van der Waals surface area contributed by atoms with Gasteiger partial charge in [-0.2, -0.15) is 4.98 Å². The van der Waals surface area contributed by atoms with Crippen LogP contribution in [0.25, 0.3) is 21.6 Å². The van der Waals surface area contributed by atoms with Crippen LogP contribution in [0.3, 0.4) is 0 Å². The van der Waals surface area contributed by atoms with Gasteiger partial charge in [0.15, 0.2) is 5.16 Å². The molecule has 0 aliphatic heterocycles. The summed E-state index contributed by atoms with van der Waals surface area (Å²) < 4.78 is 7.13. The van der Waals surface area contributed by atoms with E-state index in [-0.39, 0.29) is 5.56 Å². The van der Waals surface area contributed by atoms with Gasteiger partial charge in [-0.25, -0.2) is 4.98 Å². The summed E-state index contributed by atoms with van der Waals surface area (Å²) in [6.07, 6.45) is 0. The summed E-state index contributed by atoms with van der Waals surface area (Å²) >= 11 is 2.98. The van der Waals surface area contributed by atoms with Gasteiger partial charge in [-0.15, -0.1) is 11.3 Å². The van der Waals surface area contributed by atoms with Crippen LogP contribution in [-0.4, -0.2) is 19.7 Å². The summed E-state index contributed by atoms with van der Waals surface area (Å²) in [4.78, 5) is 23.4. The van der Waals surface area contributed by atoms with Crippen LogP contribution in [-0.2, 0) is 12.3 Å². The van der Waals surface area contributed by atoms with Gasteiger partial charge in [0.2, 0.25) is 11.7 Å². The molecule has 8 heteroatoms. The van der Waals surface area contributed by atoms with Gasteiger partial charge in [0, 0.05) is 0 Å². The van der Waals surface area contributed by atoms with Crippen LogP contribution >= 0.6 is 23.1 Å². The molecule has 0 bridgehead atoms. The number of hydrogen-bond donors (Lipinski definition) is 0. The third kappa shape index (κ3) is 4.17. The zero-order chi connectivity index (χ0) is 21.2. The Morgan fingerprint density at radius 3 is 2.68 bits per heavy atom. The number of hydrogen-bond acceptors (Lipinski definition) is 7.